The van der Waals surface area contributed by atoms with Gasteiger partial charge in [-0.15, -0.1) is 0 Å². The number of rotatable bonds is 4. The second-order valence-corrected chi connectivity index (χ2v) is 7.03. The summed E-state index contributed by atoms with van der Waals surface area (Å²) in [7, 11) is 0. The van der Waals surface area contributed by atoms with Crippen LogP contribution in [0.5, 0.6) is 0 Å². The molecule has 0 radical (unpaired) electrons. The van der Waals surface area contributed by atoms with Crippen LogP contribution in [-0.2, 0) is 16.1 Å². The smallest absolute Gasteiger partial charge is 0.328 e. The standard InChI is InChI=1S/C19H23N3O3/c23-18(20-15-10-11-25-19(15)24)17-14-8-4-5-9-16(14)22(21-17)12-13-6-2-1-3-7-13/h4-5,8-9,13,15H,1-3,6-7,10-12H2,(H,20,23)/t15-/m0/s1. The Morgan fingerprint density at radius 1 is 1.20 bits per heavy atom. The number of nitrogens with one attached hydrogen (secondary N) is 1. The number of carbonyl (C=O) groups is 2. The molecule has 1 amide bonds. The van der Waals surface area contributed by atoms with Crippen LogP contribution in [0.3, 0.4) is 0 Å². The lowest BCUT2D eigenvalue weighted by atomic mass is 9.89. The molecule has 0 spiro atoms. The van der Waals surface area contributed by atoms with Crippen molar-refractivity contribution in [2.24, 2.45) is 5.92 Å². The van der Waals surface area contributed by atoms with Crippen molar-refractivity contribution in [3.63, 3.8) is 0 Å². The highest BCUT2D eigenvalue weighted by Crippen LogP contribution is 2.27. The lowest BCUT2D eigenvalue weighted by molar-refractivity contribution is -0.139. The van der Waals surface area contributed by atoms with Crippen molar-refractivity contribution in [3.8, 4) is 0 Å². The Bertz CT molecular complexity index is 792. The van der Waals surface area contributed by atoms with Gasteiger partial charge >= 0.3 is 5.97 Å². The Morgan fingerprint density at radius 3 is 2.76 bits per heavy atom. The van der Waals surface area contributed by atoms with E-state index in [1.54, 1.807) is 0 Å². The van der Waals surface area contributed by atoms with E-state index < -0.39 is 6.04 Å². The van der Waals surface area contributed by atoms with Gasteiger partial charge in [0.25, 0.3) is 5.91 Å². The van der Waals surface area contributed by atoms with Gasteiger partial charge in [-0.2, -0.15) is 5.10 Å². The van der Waals surface area contributed by atoms with Crippen LogP contribution in [0.4, 0.5) is 0 Å². The molecule has 1 aliphatic carbocycles. The summed E-state index contributed by atoms with van der Waals surface area (Å²) >= 11 is 0. The van der Waals surface area contributed by atoms with Crippen molar-refractivity contribution >= 4 is 22.8 Å². The minimum Gasteiger partial charge on any atom is -0.464 e. The first-order chi connectivity index (χ1) is 12.2. The second-order valence-electron chi connectivity index (χ2n) is 7.03. The van der Waals surface area contributed by atoms with Crippen LogP contribution in [0.25, 0.3) is 10.9 Å². The molecule has 2 aromatic rings. The van der Waals surface area contributed by atoms with Gasteiger partial charge in [-0.3, -0.25) is 9.48 Å². The Hall–Kier alpha value is -2.37. The van der Waals surface area contributed by atoms with Crippen molar-refractivity contribution < 1.29 is 14.3 Å². The van der Waals surface area contributed by atoms with Crippen molar-refractivity contribution in [1.29, 1.82) is 0 Å². The molecule has 1 aromatic carbocycles. The fraction of sp³-hybridized carbons (Fsp3) is 0.526. The Morgan fingerprint density at radius 2 is 2.00 bits per heavy atom. The van der Waals surface area contributed by atoms with Crippen LogP contribution in [-0.4, -0.2) is 34.3 Å². The summed E-state index contributed by atoms with van der Waals surface area (Å²) in [5.74, 6) is -0.0421. The third kappa shape index (κ3) is 3.25. The lowest BCUT2D eigenvalue weighted by Gasteiger charge is -2.21. The fourth-order valence-corrected chi connectivity index (χ4v) is 3.90. The number of esters is 1. The largest absolute Gasteiger partial charge is 0.464 e. The number of fused-ring (bicyclic) bond motifs is 1. The molecule has 6 heteroatoms. The van der Waals surface area contributed by atoms with Crippen LogP contribution in [0, 0.1) is 5.92 Å². The zero-order valence-electron chi connectivity index (χ0n) is 14.2. The van der Waals surface area contributed by atoms with Gasteiger partial charge in [0.1, 0.15) is 6.04 Å². The summed E-state index contributed by atoms with van der Waals surface area (Å²) in [5.41, 5.74) is 1.37. The normalized spacial score (nSPS) is 21.4. The molecule has 2 heterocycles. The van der Waals surface area contributed by atoms with Gasteiger partial charge in [0.2, 0.25) is 0 Å². The molecule has 2 fully saturated rings. The maximum absolute atomic E-state index is 12.7. The molecule has 1 saturated carbocycles. The van der Waals surface area contributed by atoms with Crippen LogP contribution < -0.4 is 5.32 Å². The summed E-state index contributed by atoms with van der Waals surface area (Å²) in [5, 5.41) is 8.20. The highest BCUT2D eigenvalue weighted by atomic mass is 16.5. The molecule has 0 bridgehead atoms. The summed E-state index contributed by atoms with van der Waals surface area (Å²) in [6, 6.07) is 7.25. The monoisotopic (exact) mass is 341 g/mol. The van der Waals surface area contributed by atoms with E-state index in [9.17, 15) is 9.59 Å². The number of cyclic esters (lactones) is 1. The number of para-hydroxylation sites is 1. The molecule has 1 atom stereocenters. The van der Waals surface area contributed by atoms with Gasteiger partial charge < -0.3 is 10.1 Å². The second kappa shape index (κ2) is 6.86. The number of hydrogen-bond acceptors (Lipinski definition) is 4. The number of aromatic nitrogens is 2. The van der Waals surface area contributed by atoms with E-state index in [0.717, 1.165) is 17.4 Å². The first-order valence-electron chi connectivity index (χ1n) is 9.15. The predicted molar refractivity (Wildman–Crippen MR) is 93.1 cm³/mol. The topological polar surface area (TPSA) is 73.2 Å². The molecule has 1 N–H and O–H groups in total. The first kappa shape index (κ1) is 16.1. The number of amides is 1. The Labute approximate surface area is 146 Å². The number of hydrogen-bond donors (Lipinski definition) is 1. The van der Waals surface area contributed by atoms with E-state index in [1.807, 2.05) is 28.9 Å². The average molecular weight is 341 g/mol. The molecule has 4 rings (SSSR count). The molecule has 0 unspecified atom stereocenters. The molecule has 1 saturated heterocycles. The lowest BCUT2D eigenvalue weighted by Crippen LogP contribution is -2.38. The molecular weight excluding hydrogens is 318 g/mol. The van der Waals surface area contributed by atoms with E-state index in [-0.39, 0.29) is 11.9 Å². The number of nitrogens with zero attached hydrogens (tertiary/aromatic N) is 2. The maximum atomic E-state index is 12.7. The van der Waals surface area contributed by atoms with Gasteiger partial charge in [-0.1, -0.05) is 37.5 Å². The molecule has 132 valence electrons. The van der Waals surface area contributed by atoms with Crippen molar-refractivity contribution in [3.05, 3.63) is 30.0 Å². The third-order valence-electron chi connectivity index (χ3n) is 5.27. The summed E-state index contributed by atoms with van der Waals surface area (Å²) in [6.45, 7) is 1.21. The molecule has 1 aliphatic heterocycles. The zero-order chi connectivity index (χ0) is 17.2. The van der Waals surface area contributed by atoms with E-state index in [1.165, 1.54) is 32.1 Å². The average Bonchev–Trinajstić information content (AvgIpc) is 3.20. The van der Waals surface area contributed by atoms with Crippen molar-refractivity contribution in [1.82, 2.24) is 15.1 Å². The number of benzene rings is 1. The maximum Gasteiger partial charge on any atom is 0.328 e. The molecule has 6 nitrogen and oxygen atoms in total. The van der Waals surface area contributed by atoms with Crippen LogP contribution in [0.15, 0.2) is 24.3 Å². The summed E-state index contributed by atoms with van der Waals surface area (Å²) in [6.07, 6.45) is 6.85. The van der Waals surface area contributed by atoms with E-state index >= 15 is 0 Å². The molecule has 2 aliphatic rings. The molecule has 25 heavy (non-hydrogen) atoms. The fourth-order valence-electron chi connectivity index (χ4n) is 3.90. The number of ether oxygens (including phenoxy) is 1. The number of carbonyl (C=O) groups excluding carboxylic acids is 2. The van der Waals surface area contributed by atoms with E-state index in [4.69, 9.17) is 4.74 Å². The van der Waals surface area contributed by atoms with Crippen molar-refractivity contribution in [2.45, 2.75) is 51.1 Å². The molecule has 1 aromatic heterocycles. The van der Waals surface area contributed by atoms with Crippen molar-refractivity contribution in [2.75, 3.05) is 6.61 Å². The summed E-state index contributed by atoms with van der Waals surface area (Å²) in [4.78, 5) is 24.3. The third-order valence-corrected chi connectivity index (χ3v) is 5.27. The van der Waals surface area contributed by atoms with E-state index in [2.05, 4.69) is 10.4 Å². The van der Waals surface area contributed by atoms with Gasteiger partial charge in [-0.25, -0.2) is 4.79 Å². The first-order valence-corrected chi connectivity index (χ1v) is 9.15. The van der Waals surface area contributed by atoms with Gasteiger partial charge in [-0.05, 0) is 24.8 Å². The predicted octanol–water partition coefficient (Wildman–Crippen LogP) is 2.66. The highest BCUT2D eigenvalue weighted by molar-refractivity contribution is 6.06. The van der Waals surface area contributed by atoms with Crippen LogP contribution in [0.1, 0.15) is 49.0 Å². The quantitative estimate of drug-likeness (QED) is 0.868. The van der Waals surface area contributed by atoms with Crippen LogP contribution >= 0.6 is 0 Å². The molecular formula is C19H23N3O3. The minimum atomic E-state index is -0.560. The van der Waals surface area contributed by atoms with Gasteiger partial charge in [0, 0.05) is 18.4 Å². The SMILES string of the molecule is O=C(N[C@H]1CCOC1=O)c1nn(CC2CCCCC2)c2ccccc12. The van der Waals surface area contributed by atoms with Gasteiger partial charge in [0.15, 0.2) is 5.69 Å². The Kier molecular flexibility index (Phi) is 4.42. The summed E-state index contributed by atoms with van der Waals surface area (Å²) < 4.78 is 6.88. The van der Waals surface area contributed by atoms with Crippen LogP contribution in [0.2, 0.25) is 0 Å². The minimum absolute atomic E-state index is 0.303. The Balaban J connectivity index is 1.60. The zero-order valence-corrected chi connectivity index (χ0v) is 14.2. The van der Waals surface area contributed by atoms with E-state index in [0.29, 0.717) is 24.6 Å². The van der Waals surface area contributed by atoms with Gasteiger partial charge in [0.05, 0.1) is 12.1 Å². The highest BCUT2D eigenvalue weighted by Gasteiger charge is 2.30.